The van der Waals surface area contributed by atoms with E-state index in [1.54, 1.807) is 0 Å². The van der Waals surface area contributed by atoms with Crippen LogP contribution in [0.5, 0.6) is 11.5 Å². The number of benzene rings is 3. The number of ether oxygens (including phenoxy) is 2. The molecular formula is C22H23NO2. The molecule has 0 radical (unpaired) electrons. The minimum atomic E-state index is 0.487. The van der Waals surface area contributed by atoms with Crippen molar-refractivity contribution >= 4 is 0 Å². The molecule has 0 aromatic heterocycles. The van der Waals surface area contributed by atoms with Gasteiger partial charge in [-0.15, -0.1) is 0 Å². The number of hydrogen-bond donors (Lipinski definition) is 1. The van der Waals surface area contributed by atoms with E-state index in [-0.39, 0.29) is 0 Å². The molecule has 0 aliphatic heterocycles. The van der Waals surface area contributed by atoms with Gasteiger partial charge in [0.2, 0.25) is 0 Å². The van der Waals surface area contributed by atoms with Gasteiger partial charge >= 0.3 is 0 Å². The van der Waals surface area contributed by atoms with E-state index < -0.39 is 0 Å². The van der Waals surface area contributed by atoms with Gasteiger partial charge < -0.3 is 15.2 Å². The third-order valence-electron chi connectivity index (χ3n) is 3.97. The standard InChI is InChI=1S/C22H23NO2/c1-2-24-20-10-6-9-19(14-20)21-12-11-18(15-23)13-22(21)25-16-17-7-4-3-5-8-17/h3-14H,2,15-16,23H2,1H3. The maximum Gasteiger partial charge on any atom is 0.127 e. The summed E-state index contributed by atoms with van der Waals surface area (Å²) in [5.74, 6) is 1.69. The molecule has 25 heavy (non-hydrogen) atoms. The molecule has 0 atom stereocenters. The van der Waals surface area contributed by atoms with Gasteiger partial charge in [0.15, 0.2) is 0 Å². The highest BCUT2D eigenvalue weighted by Gasteiger charge is 2.09. The number of hydrogen-bond acceptors (Lipinski definition) is 3. The first-order valence-electron chi connectivity index (χ1n) is 8.53. The Hall–Kier alpha value is -2.78. The van der Waals surface area contributed by atoms with Gasteiger partial charge in [-0.2, -0.15) is 0 Å². The Morgan fingerprint density at radius 2 is 1.64 bits per heavy atom. The molecule has 0 amide bonds. The van der Waals surface area contributed by atoms with E-state index >= 15 is 0 Å². The van der Waals surface area contributed by atoms with Crippen LogP contribution in [0.2, 0.25) is 0 Å². The maximum absolute atomic E-state index is 6.12. The van der Waals surface area contributed by atoms with Crippen LogP contribution in [0.3, 0.4) is 0 Å². The largest absolute Gasteiger partial charge is 0.494 e. The Labute approximate surface area is 149 Å². The smallest absolute Gasteiger partial charge is 0.127 e. The fourth-order valence-corrected chi connectivity index (χ4v) is 2.71. The van der Waals surface area contributed by atoms with Crippen LogP contribution >= 0.6 is 0 Å². The minimum Gasteiger partial charge on any atom is -0.494 e. The fourth-order valence-electron chi connectivity index (χ4n) is 2.71. The lowest BCUT2D eigenvalue weighted by Gasteiger charge is -2.14. The normalized spacial score (nSPS) is 10.5. The summed E-state index contributed by atoms with van der Waals surface area (Å²) in [6.45, 7) is 3.64. The fraction of sp³-hybridized carbons (Fsp3) is 0.182. The monoisotopic (exact) mass is 333 g/mol. The van der Waals surface area contributed by atoms with E-state index in [1.165, 1.54) is 0 Å². The third kappa shape index (κ3) is 4.40. The quantitative estimate of drug-likeness (QED) is 0.676. The van der Waals surface area contributed by atoms with Gasteiger partial charge in [-0.05, 0) is 41.8 Å². The molecule has 0 spiro atoms. The Kier molecular flexibility index (Phi) is 5.70. The summed E-state index contributed by atoms with van der Waals surface area (Å²) in [5.41, 5.74) is 10.1. The first kappa shape index (κ1) is 17.1. The Morgan fingerprint density at radius 1 is 0.800 bits per heavy atom. The van der Waals surface area contributed by atoms with E-state index in [1.807, 2.05) is 55.5 Å². The Balaban J connectivity index is 1.91. The molecule has 0 unspecified atom stereocenters. The number of nitrogens with two attached hydrogens (primary N) is 1. The molecule has 0 fully saturated rings. The van der Waals surface area contributed by atoms with Crippen LogP contribution in [0.15, 0.2) is 72.8 Å². The Morgan fingerprint density at radius 3 is 2.40 bits per heavy atom. The highest BCUT2D eigenvalue weighted by atomic mass is 16.5. The van der Waals surface area contributed by atoms with E-state index in [4.69, 9.17) is 15.2 Å². The molecule has 0 saturated carbocycles. The summed E-state index contributed by atoms with van der Waals surface area (Å²) in [7, 11) is 0. The summed E-state index contributed by atoms with van der Waals surface area (Å²) in [6, 6.07) is 24.3. The molecule has 3 aromatic rings. The summed E-state index contributed by atoms with van der Waals surface area (Å²) < 4.78 is 11.7. The summed E-state index contributed by atoms with van der Waals surface area (Å²) in [4.78, 5) is 0. The van der Waals surface area contributed by atoms with Crippen molar-refractivity contribution in [1.29, 1.82) is 0 Å². The molecule has 3 rings (SSSR count). The molecule has 0 saturated heterocycles. The summed E-state index contributed by atoms with van der Waals surface area (Å²) in [6.07, 6.45) is 0. The number of rotatable bonds is 7. The molecule has 0 aliphatic carbocycles. The van der Waals surface area contributed by atoms with Gasteiger partial charge in [0.1, 0.15) is 18.1 Å². The average molecular weight is 333 g/mol. The first-order chi connectivity index (χ1) is 12.3. The van der Waals surface area contributed by atoms with E-state index in [0.717, 1.165) is 33.8 Å². The van der Waals surface area contributed by atoms with Crippen molar-refractivity contribution in [3.8, 4) is 22.6 Å². The molecule has 0 heterocycles. The Bertz CT molecular complexity index is 815. The van der Waals surface area contributed by atoms with Gasteiger partial charge in [0.05, 0.1) is 6.61 Å². The first-order valence-corrected chi connectivity index (χ1v) is 8.53. The highest BCUT2D eigenvalue weighted by molar-refractivity contribution is 5.72. The minimum absolute atomic E-state index is 0.487. The van der Waals surface area contributed by atoms with Gasteiger partial charge in [0, 0.05) is 12.1 Å². The van der Waals surface area contributed by atoms with Gasteiger partial charge in [-0.3, -0.25) is 0 Å². The van der Waals surface area contributed by atoms with Crippen molar-refractivity contribution in [3.05, 3.63) is 83.9 Å². The van der Waals surface area contributed by atoms with E-state index in [2.05, 4.69) is 24.3 Å². The third-order valence-corrected chi connectivity index (χ3v) is 3.97. The second-order valence-electron chi connectivity index (χ2n) is 5.77. The predicted molar refractivity (Wildman–Crippen MR) is 102 cm³/mol. The molecule has 0 aliphatic rings. The molecule has 3 nitrogen and oxygen atoms in total. The zero-order chi connectivity index (χ0) is 17.5. The van der Waals surface area contributed by atoms with Crippen LogP contribution in [0.1, 0.15) is 18.1 Å². The lowest BCUT2D eigenvalue weighted by molar-refractivity contribution is 0.307. The maximum atomic E-state index is 6.12. The molecular weight excluding hydrogens is 310 g/mol. The van der Waals surface area contributed by atoms with Crippen LogP contribution in [0, 0.1) is 0 Å². The molecule has 2 N–H and O–H groups in total. The van der Waals surface area contributed by atoms with Crippen molar-refractivity contribution in [1.82, 2.24) is 0 Å². The van der Waals surface area contributed by atoms with Crippen molar-refractivity contribution in [3.63, 3.8) is 0 Å². The predicted octanol–water partition coefficient (Wildman–Crippen LogP) is 4.79. The molecule has 3 heteroatoms. The van der Waals surface area contributed by atoms with E-state index in [9.17, 15) is 0 Å². The van der Waals surface area contributed by atoms with Crippen molar-refractivity contribution in [2.24, 2.45) is 5.73 Å². The zero-order valence-corrected chi connectivity index (χ0v) is 14.4. The second kappa shape index (κ2) is 8.36. The summed E-state index contributed by atoms with van der Waals surface area (Å²) in [5, 5.41) is 0. The van der Waals surface area contributed by atoms with Crippen LogP contribution < -0.4 is 15.2 Å². The van der Waals surface area contributed by atoms with Crippen LogP contribution in [0.25, 0.3) is 11.1 Å². The topological polar surface area (TPSA) is 44.5 Å². The van der Waals surface area contributed by atoms with Gasteiger partial charge in [-0.25, -0.2) is 0 Å². The van der Waals surface area contributed by atoms with Gasteiger partial charge in [0.25, 0.3) is 0 Å². The molecule has 0 bridgehead atoms. The zero-order valence-electron chi connectivity index (χ0n) is 14.4. The second-order valence-corrected chi connectivity index (χ2v) is 5.77. The van der Waals surface area contributed by atoms with Crippen molar-refractivity contribution in [2.45, 2.75) is 20.1 Å². The lowest BCUT2D eigenvalue weighted by atomic mass is 10.0. The lowest BCUT2D eigenvalue weighted by Crippen LogP contribution is -2.01. The van der Waals surface area contributed by atoms with Crippen LogP contribution in [-0.4, -0.2) is 6.61 Å². The SMILES string of the molecule is CCOc1cccc(-c2ccc(CN)cc2OCc2ccccc2)c1. The van der Waals surface area contributed by atoms with Crippen molar-refractivity contribution in [2.75, 3.05) is 6.61 Å². The van der Waals surface area contributed by atoms with Crippen molar-refractivity contribution < 1.29 is 9.47 Å². The van der Waals surface area contributed by atoms with Gasteiger partial charge in [-0.1, -0.05) is 54.6 Å². The average Bonchev–Trinajstić information content (AvgIpc) is 2.67. The van der Waals surface area contributed by atoms with E-state index in [0.29, 0.717) is 19.8 Å². The van der Waals surface area contributed by atoms with Crippen LogP contribution in [-0.2, 0) is 13.2 Å². The molecule has 128 valence electrons. The highest BCUT2D eigenvalue weighted by Crippen LogP contribution is 2.33. The molecule has 3 aromatic carbocycles. The summed E-state index contributed by atoms with van der Waals surface area (Å²) >= 11 is 0. The van der Waals surface area contributed by atoms with Crippen LogP contribution in [0.4, 0.5) is 0 Å².